The fourth-order valence-corrected chi connectivity index (χ4v) is 4.69. The van der Waals surface area contributed by atoms with Crippen LogP contribution < -0.4 is 14.9 Å². The van der Waals surface area contributed by atoms with Crippen molar-refractivity contribution >= 4 is 50.4 Å². The molecule has 3 aromatic rings. The van der Waals surface area contributed by atoms with Crippen molar-refractivity contribution in [3.05, 3.63) is 71.6 Å². The molecule has 1 aromatic heterocycles. The summed E-state index contributed by atoms with van der Waals surface area (Å²) in [6, 6.07) is 16.0. The molecule has 162 valence electrons. The number of carbonyl (C=O) groups is 2. The van der Waals surface area contributed by atoms with E-state index in [0.29, 0.717) is 16.9 Å². The maximum absolute atomic E-state index is 12.6. The largest absolute Gasteiger partial charge is 0.449 e. The zero-order valence-electron chi connectivity index (χ0n) is 16.9. The van der Waals surface area contributed by atoms with Gasteiger partial charge in [-0.05, 0) is 60.8 Å². The highest BCUT2D eigenvalue weighted by Crippen LogP contribution is 2.22. The monoisotopic (exact) mass is 459 g/mol. The minimum Gasteiger partial charge on any atom is -0.449 e. The fraction of sp³-hybridized carbons (Fsp3) is 0.143. The van der Waals surface area contributed by atoms with Crippen molar-refractivity contribution in [2.45, 2.75) is 11.1 Å². The third kappa shape index (κ3) is 5.62. The summed E-state index contributed by atoms with van der Waals surface area (Å²) in [6.45, 7) is 2.01. The van der Waals surface area contributed by atoms with Gasteiger partial charge in [0.2, 0.25) is 0 Å². The van der Waals surface area contributed by atoms with Gasteiger partial charge in [-0.2, -0.15) is 0 Å². The molecule has 2 aromatic carbocycles. The molecule has 10 heteroatoms. The van der Waals surface area contributed by atoms with E-state index in [4.69, 9.17) is 4.74 Å². The number of nitrogens with one attached hydrogen (secondary N) is 2. The Morgan fingerprint density at radius 2 is 1.77 bits per heavy atom. The Labute approximate surface area is 184 Å². The predicted molar refractivity (Wildman–Crippen MR) is 121 cm³/mol. The Bertz CT molecular complexity index is 1160. The number of thiophene rings is 1. The molecule has 0 aliphatic carbocycles. The SMILES string of the molecule is CCOC(=O)N(C)c1ccc(NC(=O)c2cccc(NS(=O)(=O)c3cccs3)c2)cc1. The van der Waals surface area contributed by atoms with Crippen LogP contribution in [-0.2, 0) is 14.8 Å². The predicted octanol–water partition coefficient (Wildman–Crippen LogP) is 4.39. The van der Waals surface area contributed by atoms with E-state index in [-0.39, 0.29) is 16.5 Å². The van der Waals surface area contributed by atoms with Gasteiger partial charge in [-0.25, -0.2) is 13.2 Å². The molecule has 0 saturated heterocycles. The number of sulfonamides is 1. The minimum absolute atomic E-state index is 0.190. The van der Waals surface area contributed by atoms with Crippen LogP contribution in [-0.4, -0.2) is 34.1 Å². The highest BCUT2D eigenvalue weighted by atomic mass is 32.2. The maximum Gasteiger partial charge on any atom is 0.413 e. The average Bonchev–Trinajstić information content (AvgIpc) is 3.30. The Morgan fingerprint density at radius 1 is 1.03 bits per heavy atom. The van der Waals surface area contributed by atoms with Crippen molar-refractivity contribution in [2.24, 2.45) is 0 Å². The molecule has 0 aliphatic rings. The first kappa shape index (κ1) is 22.3. The second kappa shape index (κ2) is 9.63. The van der Waals surface area contributed by atoms with E-state index in [1.165, 1.54) is 17.0 Å². The molecule has 0 spiro atoms. The smallest absolute Gasteiger partial charge is 0.413 e. The molecule has 1 heterocycles. The minimum atomic E-state index is -3.70. The summed E-state index contributed by atoms with van der Waals surface area (Å²) < 4.78 is 32.4. The van der Waals surface area contributed by atoms with Crippen LogP contribution in [0.2, 0.25) is 0 Å². The van der Waals surface area contributed by atoms with Crippen molar-refractivity contribution in [1.82, 2.24) is 0 Å². The van der Waals surface area contributed by atoms with Gasteiger partial charge >= 0.3 is 6.09 Å². The van der Waals surface area contributed by atoms with Crippen LogP contribution in [0.5, 0.6) is 0 Å². The number of nitrogens with zero attached hydrogens (tertiary/aromatic N) is 1. The zero-order chi connectivity index (χ0) is 22.4. The quantitative estimate of drug-likeness (QED) is 0.545. The van der Waals surface area contributed by atoms with E-state index in [1.807, 2.05) is 0 Å². The molecule has 0 bridgehead atoms. The van der Waals surface area contributed by atoms with E-state index in [2.05, 4.69) is 10.0 Å². The molecule has 2 N–H and O–H groups in total. The van der Waals surface area contributed by atoms with Crippen LogP contribution in [0.25, 0.3) is 0 Å². The second-order valence-corrected chi connectivity index (χ2v) is 9.23. The molecule has 31 heavy (non-hydrogen) atoms. The van der Waals surface area contributed by atoms with Crippen molar-refractivity contribution in [2.75, 3.05) is 28.6 Å². The molecule has 0 saturated carbocycles. The summed E-state index contributed by atoms with van der Waals surface area (Å²) in [4.78, 5) is 25.7. The van der Waals surface area contributed by atoms with Crippen LogP contribution in [0, 0.1) is 0 Å². The third-order valence-electron chi connectivity index (χ3n) is 4.19. The normalized spacial score (nSPS) is 10.9. The van der Waals surface area contributed by atoms with Gasteiger partial charge in [0.15, 0.2) is 0 Å². The van der Waals surface area contributed by atoms with Crippen molar-refractivity contribution < 1.29 is 22.7 Å². The highest BCUT2D eigenvalue weighted by Gasteiger charge is 2.16. The second-order valence-electron chi connectivity index (χ2n) is 6.38. The lowest BCUT2D eigenvalue weighted by Crippen LogP contribution is -2.26. The number of hydrogen-bond donors (Lipinski definition) is 2. The Kier molecular flexibility index (Phi) is 6.93. The number of amides is 2. The van der Waals surface area contributed by atoms with Crippen molar-refractivity contribution in [3.8, 4) is 0 Å². The number of benzene rings is 2. The van der Waals surface area contributed by atoms with Crippen LogP contribution in [0.3, 0.4) is 0 Å². The van der Waals surface area contributed by atoms with E-state index in [1.54, 1.807) is 67.9 Å². The van der Waals surface area contributed by atoms with Gasteiger partial charge in [0.05, 0.1) is 6.61 Å². The van der Waals surface area contributed by atoms with Gasteiger partial charge in [-0.1, -0.05) is 12.1 Å². The molecular formula is C21H21N3O5S2. The standard InChI is InChI=1S/C21H21N3O5S2/c1-3-29-21(26)24(2)18-11-9-16(10-12-18)22-20(25)15-6-4-7-17(14-15)23-31(27,28)19-8-5-13-30-19/h4-14,23H,3H2,1-2H3,(H,22,25). The van der Waals surface area contributed by atoms with Crippen LogP contribution >= 0.6 is 11.3 Å². The van der Waals surface area contributed by atoms with Crippen LogP contribution in [0.4, 0.5) is 21.9 Å². The van der Waals surface area contributed by atoms with Gasteiger partial charge in [0.1, 0.15) is 4.21 Å². The fourth-order valence-electron chi connectivity index (χ4n) is 2.64. The number of hydrogen-bond acceptors (Lipinski definition) is 6. The average molecular weight is 460 g/mol. The first-order chi connectivity index (χ1) is 14.8. The van der Waals surface area contributed by atoms with Gasteiger partial charge < -0.3 is 10.1 Å². The molecule has 3 rings (SSSR count). The molecule has 0 unspecified atom stereocenters. The molecule has 0 atom stereocenters. The molecule has 0 aliphatic heterocycles. The van der Waals surface area contributed by atoms with E-state index in [9.17, 15) is 18.0 Å². The summed E-state index contributed by atoms with van der Waals surface area (Å²) in [5, 5.41) is 4.42. The van der Waals surface area contributed by atoms with Crippen LogP contribution in [0.15, 0.2) is 70.3 Å². The van der Waals surface area contributed by atoms with E-state index in [0.717, 1.165) is 11.3 Å². The molecular weight excluding hydrogens is 438 g/mol. The molecule has 0 fully saturated rings. The first-order valence-corrected chi connectivity index (χ1v) is 11.6. The Balaban J connectivity index is 1.68. The van der Waals surface area contributed by atoms with Gasteiger partial charge in [0.25, 0.3) is 15.9 Å². The summed E-state index contributed by atoms with van der Waals surface area (Å²) in [6.07, 6.45) is -0.471. The van der Waals surface area contributed by atoms with Gasteiger partial charge in [-0.3, -0.25) is 14.4 Å². The number of ether oxygens (including phenoxy) is 1. The summed E-state index contributed by atoms with van der Waals surface area (Å²) in [5.41, 5.74) is 1.71. The summed E-state index contributed by atoms with van der Waals surface area (Å²) >= 11 is 1.11. The van der Waals surface area contributed by atoms with Crippen LogP contribution in [0.1, 0.15) is 17.3 Å². The lowest BCUT2D eigenvalue weighted by atomic mass is 10.2. The summed E-state index contributed by atoms with van der Waals surface area (Å²) in [5.74, 6) is -0.399. The Morgan fingerprint density at radius 3 is 2.42 bits per heavy atom. The Hall–Kier alpha value is -3.37. The van der Waals surface area contributed by atoms with E-state index < -0.39 is 22.0 Å². The maximum atomic E-state index is 12.6. The topological polar surface area (TPSA) is 105 Å². The first-order valence-electron chi connectivity index (χ1n) is 9.28. The number of carbonyl (C=O) groups excluding carboxylic acids is 2. The lowest BCUT2D eigenvalue weighted by Gasteiger charge is -2.17. The number of anilines is 3. The molecule has 8 nitrogen and oxygen atoms in total. The summed E-state index contributed by atoms with van der Waals surface area (Å²) in [7, 11) is -2.11. The molecule has 0 radical (unpaired) electrons. The van der Waals surface area contributed by atoms with Crippen molar-refractivity contribution in [3.63, 3.8) is 0 Å². The lowest BCUT2D eigenvalue weighted by molar-refractivity contribution is 0.102. The zero-order valence-corrected chi connectivity index (χ0v) is 18.5. The van der Waals surface area contributed by atoms with E-state index >= 15 is 0 Å². The number of rotatable bonds is 7. The third-order valence-corrected chi connectivity index (χ3v) is 6.97. The highest BCUT2D eigenvalue weighted by molar-refractivity contribution is 7.94. The van der Waals surface area contributed by atoms with Gasteiger partial charge in [-0.15, -0.1) is 11.3 Å². The van der Waals surface area contributed by atoms with Crippen molar-refractivity contribution in [1.29, 1.82) is 0 Å². The van der Waals surface area contributed by atoms with Gasteiger partial charge in [0, 0.05) is 29.7 Å². The molecule has 2 amide bonds.